The Morgan fingerprint density at radius 2 is 1.48 bits per heavy atom. The quantitative estimate of drug-likeness (QED) is 0.443. The van der Waals surface area contributed by atoms with E-state index in [1.165, 1.54) is 0 Å². The van der Waals surface area contributed by atoms with Crippen molar-refractivity contribution in [1.82, 2.24) is 10.6 Å². The average Bonchev–Trinajstić information content (AvgIpc) is 2.83. The zero-order valence-corrected chi connectivity index (χ0v) is 17.5. The van der Waals surface area contributed by atoms with E-state index < -0.39 is 6.04 Å². The van der Waals surface area contributed by atoms with Gasteiger partial charge in [0.1, 0.15) is 11.8 Å². The molecule has 160 valence electrons. The van der Waals surface area contributed by atoms with E-state index in [1.807, 2.05) is 60.7 Å². The smallest absolute Gasteiger partial charge is 0.251 e. The summed E-state index contributed by atoms with van der Waals surface area (Å²) in [6, 6.07) is 25.5. The zero-order chi connectivity index (χ0) is 21.9. The van der Waals surface area contributed by atoms with Crippen LogP contribution in [0.25, 0.3) is 0 Å². The lowest BCUT2D eigenvalue weighted by molar-refractivity contribution is -0.122. The van der Waals surface area contributed by atoms with Crippen molar-refractivity contribution in [1.29, 1.82) is 0 Å². The van der Waals surface area contributed by atoms with Gasteiger partial charge in [0.25, 0.3) is 5.91 Å². The SMILES string of the molecule is COc1ccc(NCCNC(=O)[C@H](Cc2ccccc2)NC(=O)c2ccccc2)cc1. The van der Waals surface area contributed by atoms with E-state index in [4.69, 9.17) is 4.74 Å². The molecule has 0 aliphatic heterocycles. The fourth-order valence-electron chi connectivity index (χ4n) is 3.11. The third-order valence-electron chi connectivity index (χ3n) is 4.78. The summed E-state index contributed by atoms with van der Waals surface area (Å²) in [6.45, 7) is 0.986. The van der Waals surface area contributed by atoms with Gasteiger partial charge in [-0.3, -0.25) is 9.59 Å². The Morgan fingerprint density at radius 1 is 0.839 bits per heavy atom. The largest absolute Gasteiger partial charge is 0.497 e. The number of carbonyl (C=O) groups is 2. The van der Waals surface area contributed by atoms with E-state index >= 15 is 0 Å². The number of benzene rings is 3. The first-order chi connectivity index (χ1) is 15.2. The minimum Gasteiger partial charge on any atom is -0.497 e. The van der Waals surface area contributed by atoms with Gasteiger partial charge < -0.3 is 20.7 Å². The molecule has 0 heterocycles. The van der Waals surface area contributed by atoms with E-state index in [9.17, 15) is 9.59 Å². The molecule has 0 aliphatic carbocycles. The van der Waals surface area contributed by atoms with Crippen LogP contribution in [0.5, 0.6) is 5.75 Å². The molecule has 0 bridgehead atoms. The van der Waals surface area contributed by atoms with Crippen molar-refractivity contribution in [3.05, 3.63) is 96.1 Å². The predicted molar refractivity (Wildman–Crippen MR) is 122 cm³/mol. The van der Waals surface area contributed by atoms with Gasteiger partial charge in [-0.05, 0) is 42.0 Å². The van der Waals surface area contributed by atoms with Gasteiger partial charge in [0.05, 0.1) is 7.11 Å². The summed E-state index contributed by atoms with van der Waals surface area (Å²) < 4.78 is 5.15. The van der Waals surface area contributed by atoms with Crippen LogP contribution in [0.1, 0.15) is 15.9 Å². The predicted octanol–water partition coefficient (Wildman–Crippen LogP) is 3.26. The Hall–Kier alpha value is -3.80. The second-order valence-corrected chi connectivity index (χ2v) is 7.03. The number of methoxy groups -OCH3 is 1. The number of amides is 2. The molecule has 3 rings (SSSR count). The van der Waals surface area contributed by atoms with Gasteiger partial charge >= 0.3 is 0 Å². The maximum absolute atomic E-state index is 12.8. The van der Waals surface area contributed by atoms with Crippen LogP contribution in [-0.4, -0.2) is 38.1 Å². The molecule has 2 amide bonds. The topological polar surface area (TPSA) is 79.5 Å². The summed E-state index contributed by atoms with van der Waals surface area (Å²) in [5, 5.41) is 9.03. The first-order valence-electron chi connectivity index (χ1n) is 10.2. The molecule has 3 aromatic carbocycles. The molecule has 0 saturated heterocycles. The van der Waals surface area contributed by atoms with Gasteiger partial charge in [0, 0.05) is 30.8 Å². The highest BCUT2D eigenvalue weighted by Gasteiger charge is 2.21. The van der Waals surface area contributed by atoms with E-state index in [1.54, 1.807) is 31.4 Å². The third-order valence-corrected chi connectivity index (χ3v) is 4.78. The number of ether oxygens (including phenoxy) is 1. The molecule has 0 aromatic heterocycles. The Kier molecular flexibility index (Phi) is 8.05. The highest BCUT2D eigenvalue weighted by Crippen LogP contribution is 2.14. The monoisotopic (exact) mass is 417 g/mol. The van der Waals surface area contributed by atoms with Crippen LogP contribution in [-0.2, 0) is 11.2 Å². The minimum atomic E-state index is -0.670. The lowest BCUT2D eigenvalue weighted by Crippen LogP contribution is -2.48. The first kappa shape index (κ1) is 21.9. The van der Waals surface area contributed by atoms with E-state index in [0.717, 1.165) is 17.0 Å². The number of carbonyl (C=O) groups excluding carboxylic acids is 2. The van der Waals surface area contributed by atoms with Crippen LogP contribution in [0.15, 0.2) is 84.9 Å². The van der Waals surface area contributed by atoms with Crippen LogP contribution < -0.4 is 20.7 Å². The molecular weight excluding hydrogens is 390 g/mol. The van der Waals surface area contributed by atoms with Crippen molar-refractivity contribution in [3.8, 4) is 5.75 Å². The number of rotatable bonds is 10. The molecule has 31 heavy (non-hydrogen) atoms. The molecule has 0 aliphatic rings. The van der Waals surface area contributed by atoms with Crippen LogP contribution >= 0.6 is 0 Å². The molecule has 0 radical (unpaired) electrons. The van der Waals surface area contributed by atoms with Crippen LogP contribution in [0.4, 0.5) is 5.69 Å². The van der Waals surface area contributed by atoms with Crippen LogP contribution in [0.3, 0.4) is 0 Å². The normalized spacial score (nSPS) is 11.3. The van der Waals surface area contributed by atoms with Gasteiger partial charge in [0.2, 0.25) is 5.91 Å². The Bertz CT molecular complexity index is 960. The summed E-state index contributed by atoms with van der Waals surface area (Å²) in [5.41, 5.74) is 2.44. The summed E-state index contributed by atoms with van der Waals surface area (Å²) in [6.07, 6.45) is 0.414. The highest BCUT2D eigenvalue weighted by atomic mass is 16.5. The van der Waals surface area contributed by atoms with E-state index in [0.29, 0.717) is 25.1 Å². The number of hydrogen-bond donors (Lipinski definition) is 3. The summed E-state index contributed by atoms with van der Waals surface area (Å²) in [5.74, 6) is 0.300. The summed E-state index contributed by atoms with van der Waals surface area (Å²) in [7, 11) is 1.63. The highest BCUT2D eigenvalue weighted by molar-refractivity contribution is 5.97. The maximum atomic E-state index is 12.8. The lowest BCUT2D eigenvalue weighted by Gasteiger charge is -2.19. The maximum Gasteiger partial charge on any atom is 0.251 e. The Balaban J connectivity index is 1.56. The van der Waals surface area contributed by atoms with Crippen molar-refractivity contribution in [2.75, 3.05) is 25.5 Å². The molecule has 0 fully saturated rings. The molecule has 0 spiro atoms. The molecule has 6 nitrogen and oxygen atoms in total. The van der Waals surface area contributed by atoms with Gasteiger partial charge in [0.15, 0.2) is 0 Å². The fourth-order valence-corrected chi connectivity index (χ4v) is 3.11. The van der Waals surface area contributed by atoms with E-state index in [2.05, 4.69) is 16.0 Å². The van der Waals surface area contributed by atoms with Gasteiger partial charge in [-0.25, -0.2) is 0 Å². The molecule has 1 atom stereocenters. The number of anilines is 1. The molecule has 3 N–H and O–H groups in total. The first-order valence-corrected chi connectivity index (χ1v) is 10.2. The lowest BCUT2D eigenvalue weighted by atomic mass is 10.0. The van der Waals surface area contributed by atoms with Crippen molar-refractivity contribution < 1.29 is 14.3 Å². The average molecular weight is 418 g/mol. The van der Waals surface area contributed by atoms with E-state index in [-0.39, 0.29) is 11.8 Å². The van der Waals surface area contributed by atoms with Gasteiger partial charge in [-0.2, -0.15) is 0 Å². The van der Waals surface area contributed by atoms with Crippen molar-refractivity contribution in [3.63, 3.8) is 0 Å². The van der Waals surface area contributed by atoms with Crippen molar-refractivity contribution in [2.24, 2.45) is 0 Å². The zero-order valence-electron chi connectivity index (χ0n) is 17.5. The molecule has 0 saturated carbocycles. The van der Waals surface area contributed by atoms with Gasteiger partial charge in [-0.1, -0.05) is 48.5 Å². The molecule has 3 aromatic rings. The second kappa shape index (κ2) is 11.4. The Labute approximate surface area is 182 Å². The van der Waals surface area contributed by atoms with Gasteiger partial charge in [-0.15, -0.1) is 0 Å². The molecular formula is C25H27N3O3. The Morgan fingerprint density at radius 3 is 2.13 bits per heavy atom. The fraction of sp³-hybridized carbons (Fsp3) is 0.200. The van der Waals surface area contributed by atoms with Crippen molar-refractivity contribution >= 4 is 17.5 Å². The number of hydrogen-bond acceptors (Lipinski definition) is 4. The second-order valence-electron chi connectivity index (χ2n) is 7.03. The minimum absolute atomic E-state index is 0.218. The van der Waals surface area contributed by atoms with Crippen LogP contribution in [0.2, 0.25) is 0 Å². The van der Waals surface area contributed by atoms with Crippen LogP contribution in [0, 0.1) is 0 Å². The van der Waals surface area contributed by atoms with Crippen molar-refractivity contribution in [2.45, 2.75) is 12.5 Å². The summed E-state index contributed by atoms with van der Waals surface area (Å²) in [4.78, 5) is 25.4. The molecule has 0 unspecified atom stereocenters. The summed E-state index contributed by atoms with van der Waals surface area (Å²) >= 11 is 0. The third kappa shape index (κ3) is 6.89. The standard InChI is InChI=1S/C25H27N3O3/c1-31-22-14-12-21(13-15-22)26-16-17-27-25(30)23(18-19-8-4-2-5-9-19)28-24(29)20-10-6-3-7-11-20/h2-15,23,26H,16-18H2,1H3,(H,27,30)(H,28,29)/t23-/m0/s1. The number of nitrogens with one attached hydrogen (secondary N) is 3. The molecule has 6 heteroatoms.